The van der Waals surface area contributed by atoms with Crippen LogP contribution in [0.3, 0.4) is 0 Å². The highest BCUT2D eigenvalue weighted by Gasteiger charge is 2.17. The van der Waals surface area contributed by atoms with Crippen LogP contribution >= 0.6 is 0 Å². The molecule has 7 nitrogen and oxygen atoms in total. The van der Waals surface area contributed by atoms with E-state index in [9.17, 15) is 4.39 Å². The van der Waals surface area contributed by atoms with Gasteiger partial charge in [0.1, 0.15) is 29.0 Å². The van der Waals surface area contributed by atoms with Crippen LogP contribution in [0.1, 0.15) is 0 Å². The number of ether oxygens (including phenoxy) is 1. The van der Waals surface area contributed by atoms with Gasteiger partial charge in [-0.1, -0.05) is 5.16 Å². The number of hydrogen-bond acceptors (Lipinski definition) is 7. The molecule has 8 heteroatoms. The highest BCUT2D eigenvalue weighted by molar-refractivity contribution is 5.97. The summed E-state index contributed by atoms with van der Waals surface area (Å²) in [6, 6.07) is 6.12. The first-order valence-electron chi connectivity index (χ1n) is 8.21. The normalized spacial score (nSPS) is 15.6. The van der Waals surface area contributed by atoms with Crippen LogP contribution < -0.4 is 5.32 Å². The van der Waals surface area contributed by atoms with Crippen molar-refractivity contribution in [2.24, 2.45) is 0 Å². The van der Waals surface area contributed by atoms with E-state index < -0.39 is 0 Å². The number of anilines is 1. The Morgan fingerprint density at radius 3 is 2.72 bits per heavy atom. The first-order chi connectivity index (χ1) is 12.3. The third-order valence-corrected chi connectivity index (χ3v) is 4.21. The third kappa shape index (κ3) is 3.45. The molecule has 0 aliphatic carbocycles. The monoisotopic (exact) mass is 343 g/mol. The summed E-state index contributed by atoms with van der Waals surface area (Å²) in [5.41, 5.74) is 1.76. The Morgan fingerprint density at radius 2 is 1.92 bits per heavy atom. The molecular formula is C17H18FN5O2. The topological polar surface area (TPSA) is 76.3 Å². The molecule has 0 spiro atoms. The molecule has 0 saturated carbocycles. The Morgan fingerprint density at radius 1 is 1.12 bits per heavy atom. The summed E-state index contributed by atoms with van der Waals surface area (Å²) in [5.74, 6) is 0.371. The maximum Gasteiger partial charge on any atom is 0.263 e. The highest BCUT2D eigenvalue weighted by atomic mass is 19.1. The first kappa shape index (κ1) is 15.9. The Labute approximate surface area is 143 Å². The SMILES string of the molecule is Fc1ccc(-c2noc3ncnc(NCCN4CCOCC4)c23)cc1. The average Bonchev–Trinajstić information content (AvgIpc) is 3.08. The van der Waals surface area contributed by atoms with Crippen LogP contribution in [0, 0.1) is 5.82 Å². The third-order valence-electron chi connectivity index (χ3n) is 4.21. The largest absolute Gasteiger partial charge is 0.379 e. The van der Waals surface area contributed by atoms with E-state index in [1.54, 1.807) is 12.1 Å². The first-order valence-corrected chi connectivity index (χ1v) is 8.21. The molecule has 1 aliphatic rings. The number of fused-ring (bicyclic) bond motifs is 1. The molecule has 0 unspecified atom stereocenters. The van der Waals surface area contributed by atoms with Gasteiger partial charge in [0.15, 0.2) is 0 Å². The summed E-state index contributed by atoms with van der Waals surface area (Å²) in [6.07, 6.45) is 1.44. The highest BCUT2D eigenvalue weighted by Crippen LogP contribution is 2.31. The van der Waals surface area contributed by atoms with E-state index in [0.717, 1.165) is 45.0 Å². The van der Waals surface area contributed by atoms with Crippen LogP contribution in [0.25, 0.3) is 22.4 Å². The van der Waals surface area contributed by atoms with Crippen LogP contribution in [0.4, 0.5) is 10.2 Å². The van der Waals surface area contributed by atoms with Crippen molar-refractivity contribution >= 4 is 16.9 Å². The number of nitrogens with one attached hydrogen (secondary N) is 1. The average molecular weight is 343 g/mol. The number of hydrogen-bond donors (Lipinski definition) is 1. The molecule has 0 amide bonds. The summed E-state index contributed by atoms with van der Waals surface area (Å²) in [5, 5.41) is 8.13. The van der Waals surface area contributed by atoms with E-state index in [0.29, 0.717) is 22.6 Å². The van der Waals surface area contributed by atoms with Gasteiger partial charge in [-0.3, -0.25) is 4.90 Å². The fraction of sp³-hybridized carbons (Fsp3) is 0.353. The maximum absolute atomic E-state index is 13.2. The minimum absolute atomic E-state index is 0.295. The van der Waals surface area contributed by atoms with E-state index in [1.807, 2.05) is 0 Å². The zero-order valence-electron chi connectivity index (χ0n) is 13.6. The molecule has 3 heterocycles. The van der Waals surface area contributed by atoms with Crippen LogP contribution in [-0.2, 0) is 4.74 Å². The van der Waals surface area contributed by atoms with Gasteiger partial charge in [0, 0.05) is 31.7 Å². The molecule has 2 aromatic heterocycles. The molecule has 1 aliphatic heterocycles. The summed E-state index contributed by atoms with van der Waals surface area (Å²) >= 11 is 0. The molecule has 0 atom stereocenters. The lowest BCUT2D eigenvalue weighted by Crippen LogP contribution is -2.39. The fourth-order valence-corrected chi connectivity index (χ4v) is 2.88. The zero-order chi connectivity index (χ0) is 17.1. The molecule has 1 saturated heterocycles. The second-order valence-electron chi connectivity index (χ2n) is 5.82. The molecule has 0 bridgehead atoms. The van der Waals surface area contributed by atoms with Crippen molar-refractivity contribution in [3.63, 3.8) is 0 Å². The molecule has 3 aromatic rings. The van der Waals surface area contributed by atoms with E-state index in [4.69, 9.17) is 9.26 Å². The lowest BCUT2D eigenvalue weighted by atomic mass is 10.1. The van der Waals surface area contributed by atoms with Crippen molar-refractivity contribution in [3.05, 3.63) is 36.4 Å². The summed E-state index contributed by atoms with van der Waals surface area (Å²) in [7, 11) is 0. The van der Waals surface area contributed by atoms with Crippen molar-refractivity contribution in [2.45, 2.75) is 0 Å². The Balaban J connectivity index is 1.56. The summed E-state index contributed by atoms with van der Waals surface area (Å²) < 4.78 is 23.8. The summed E-state index contributed by atoms with van der Waals surface area (Å²) in [6.45, 7) is 5.06. The molecular weight excluding hydrogens is 325 g/mol. The van der Waals surface area contributed by atoms with Gasteiger partial charge in [0.05, 0.1) is 13.2 Å². The van der Waals surface area contributed by atoms with Crippen molar-refractivity contribution in [1.82, 2.24) is 20.0 Å². The minimum Gasteiger partial charge on any atom is -0.379 e. The van der Waals surface area contributed by atoms with E-state index in [1.165, 1.54) is 18.5 Å². The second-order valence-corrected chi connectivity index (χ2v) is 5.82. The zero-order valence-corrected chi connectivity index (χ0v) is 13.6. The predicted octanol–water partition coefficient (Wildman–Crippen LogP) is 2.17. The number of nitrogens with zero attached hydrogens (tertiary/aromatic N) is 4. The second kappa shape index (κ2) is 7.12. The van der Waals surface area contributed by atoms with E-state index in [-0.39, 0.29) is 5.82 Å². The van der Waals surface area contributed by atoms with Crippen LogP contribution in [-0.4, -0.2) is 59.4 Å². The fourth-order valence-electron chi connectivity index (χ4n) is 2.88. The van der Waals surface area contributed by atoms with Crippen molar-refractivity contribution in [2.75, 3.05) is 44.7 Å². The number of morpholine rings is 1. The number of halogens is 1. The number of aromatic nitrogens is 3. The summed E-state index contributed by atoms with van der Waals surface area (Å²) in [4.78, 5) is 10.8. The molecule has 1 N–H and O–H groups in total. The van der Waals surface area contributed by atoms with Gasteiger partial charge in [-0.25, -0.2) is 9.37 Å². The van der Waals surface area contributed by atoms with Gasteiger partial charge in [0.25, 0.3) is 5.71 Å². The molecule has 4 rings (SSSR count). The Kier molecular flexibility index (Phi) is 4.53. The van der Waals surface area contributed by atoms with Gasteiger partial charge >= 0.3 is 0 Å². The molecule has 130 valence electrons. The molecule has 1 fully saturated rings. The van der Waals surface area contributed by atoms with Gasteiger partial charge in [-0.05, 0) is 24.3 Å². The molecule has 0 radical (unpaired) electrons. The Bertz CT molecular complexity index is 846. The predicted molar refractivity (Wildman–Crippen MR) is 90.7 cm³/mol. The van der Waals surface area contributed by atoms with Crippen LogP contribution in [0.15, 0.2) is 35.1 Å². The lowest BCUT2D eigenvalue weighted by Gasteiger charge is -2.26. The van der Waals surface area contributed by atoms with Crippen molar-refractivity contribution < 1.29 is 13.7 Å². The van der Waals surface area contributed by atoms with E-state index in [2.05, 4.69) is 25.3 Å². The minimum atomic E-state index is -0.295. The van der Waals surface area contributed by atoms with Crippen molar-refractivity contribution in [3.8, 4) is 11.3 Å². The number of rotatable bonds is 5. The standard InChI is InChI=1S/C17H18FN5O2/c18-13-3-1-12(2-4-13)15-14-16(20-11-21-17(14)25-22-15)19-5-6-23-7-9-24-10-8-23/h1-4,11H,5-10H2,(H,19,20,21). The van der Waals surface area contributed by atoms with Gasteiger partial charge in [-0.2, -0.15) is 4.98 Å². The molecule has 25 heavy (non-hydrogen) atoms. The van der Waals surface area contributed by atoms with Crippen LogP contribution in [0.5, 0.6) is 0 Å². The quantitative estimate of drug-likeness (QED) is 0.761. The van der Waals surface area contributed by atoms with E-state index >= 15 is 0 Å². The van der Waals surface area contributed by atoms with Gasteiger partial charge < -0.3 is 14.6 Å². The van der Waals surface area contributed by atoms with Gasteiger partial charge in [-0.15, -0.1) is 0 Å². The lowest BCUT2D eigenvalue weighted by molar-refractivity contribution is 0.0398. The molecule has 1 aromatic carbocycles. The maximum atomic E-state index is 13.2. The smallest absolute Gasteiger partial charge is 0.263 e. The van der Waals surface area contributed by atoms with Crippen LogP contribution in [0.2, 0.25) is 0 Å². The van der Waals surface area contributed by atoms with Crippen molar-refractivity contribution in [1.29, 1.82) is 0 Å². The van der Waals surface area contributed by atoms with Gasteiger partial charge in [0.2, 0.25) is 0 Å². The Hall–Kier alpha value is -2.58. The number of benzene rings is 1.